The molecule has 0 unspecified atom stereocenters. The van der Waals surface area contributed by atoms with Crippen molar-refractivity contribution in [2.24, 2.45) is 20.5 Å². The lowest BCUT2D eigenvalue weighted by Crippen LogP contribution is -1.97. The maximum Gasteiger partial charge on any atom is 0.153 e. The van der Waals surface area contributed by atoms with Gasteiger partial charge in [0.15, 0.2) is 5.75 Å². The van der Waals surface area contributed by atoms with E-state index in [4.69, 9.17) is 0 Å². The van der Waals surface area contributed by atoms with Gasteiger partial charge < -0.3 is 10.4 Å². The number of benzene rings is 6. The maximum absolute atomic E-state index is 11.0. The van der Waals surface area contributed by atoms with Crippen molar-refractivity contribution >= 4 is 55.1 Å². The van der Waals surface area contributed by atoms with Crippen molar-refractivity contribution in [2.75, 3.05) is 18.9 Å². The van der Waals surface area contributed by atoms with E-state index >= 15 is 0 Å². The third-order valence-electron chi connectivity index (χ3n) is 6.67. The molecule has 0 heterocycles. The van der Waals surface area contributed by atoms with Gasteiger partial charge in [0.25, 0.3) is 0 Å². The SMILES string of the molecule is CC.CC.CC.CCC.CCNc1cccc2cc(C)c(N=Nc3ccc(N=NC)c4ccccc34)c(O)c12.c1ccc2ccccc2c1. The van der Waals surface area contributed by atoms with E-state index in [-0.39, 0.29) is 5.75 Å². The lowest BCUT2D eigenvalue weighted by Gasteiger charge is -2.12. The molecule has 0 atom stereocenters. The highest BCUT2D eigenvalue weighted by atomic mass is 16.3. The molecule has 6 nitrogen and oxygen atoms in total. The molecule has 6 heteroatoms. The highest BCUT2D eigenvalue weighted by molar-refractivity contribution is 6.03. The number of azo groups is 2. The number of hydrogen-bond donors (Lipinski definition) is 2. The van der Waals surface area contributed by atoms with Crippen molar-refractivity contribution in [1.29, 1.82) is 0 Å². The number of nitrogens with one attached hydrogen (secondary N) is 1. The summed E-state index contributed by atoms with van der Waals surface area (Å²) in [5.41, 5.74) is 3.70. The molecule has 0 aliphatic carbocycles. The van der Waals surface area contributed by atoms with E-state index in [9.17, 15) is 5.11 Å². The molecule has 0 saturated carbocycles. The van der Waals surface area contributed by atoms with Gasteiger partial charge >= 0.3 is 0 Å². The molecule has 0 aliphatic rings. The van der Waals surface area contributed by atoms with Crippen LogP contribution in [-0.4, -0.2) is 18.7 Å². The Morgan fingerprint density at radius 2 is 1.02 bits per heavy atom. The van der Waals surface area contributed by atoms with Crippen LogP contribution in [0.5, 0.6) is 5.75 Å². The topological polar surface area (TPSA) is 81.7 Å². The summed E-state index contributed by atoms with van der Waals surface area (Å²) in [6.45, 7) is 21.0. The average molecular weight is 660 g/mol. The lowest BCUT2D eigenvalue weighted by atomic mass is 10.0. The zero-order valence-corrected chi connectivity index (χ0v) is 31.5. The van der Waals surface area contributed by atoms with Crippen LogP contribution >= 0.6 is 0 Å². The first kappa shape index (κ1) is 41.9. The number of phenolic OH excluding ortho intramolecular Hbond substituents is 1. The minimum absolute atomic E-state index is 0.131. The summed E-state index contributed by atoms with van der Waals surface area (Å²) in [6, 6.07) is 36.3. The molecule has 6 rings (SSSR count). The van der Waals surface area contributed by atoms with Crippen LogP contribution in [0.4, 0.5) is 22.7 Å². The molecule has 6 aromatic carbocycles. The van der Waals surface area contributed by atoms with Crippen molar-refractivity contribution in [2.45, 2.75) is 75.7 Å². The summed E-state index contributed by atoms with van der Waals surface area (Å²) in [7, 11) is 1.65. The van der Waals surface area contributed by atoms with Gasteiger partial charge in [0.1, 0.15) is 5.69 Å². The van der Waals surface area contributed by atoms with Crippen LogP contribution < -0.4 is 5.32 Å². The summed E-state index contributed by atoms with van der Waals surface area (Å²) in [6.07, 6.45) is 1.25. The molecule has 0 aliphatic heterocycles. The molecular formula is C43H57N5O. The van der Waals surface area contributed by atoms with Crippen LogP contribution in [0.25, 0.3) is 32.3 Å². The Balaban J connectivity index is 0.000000521. The average Bonchev–Trinajstić information content (AvgIpc) is 3.15. The second-order valence-electron chi connectivity index (χ2n) is 10.0. The fourth-order valence-electron chi connectivity index (χ4n) is 4.81. The smallest absolute Gasteiger partial charge is 0.153 e. The fourth-order valence-corrected chi connectivity index (χ4v) is 4.81. The van der Waals surface area contributed by atoms with Crippen molar-refractivity contribution in [3.05, 3.63) is 115 Å². The molecule has 0 saturated heterocycles. The van der Waals surface area contributed by atoms with Crippen LogP contribution in [0.2, 0.25) is 0 Å². The van der Waals surface area contributed by atoms with E-state index in [1.54, 1.807) is 7.05 Å². The zero-order chi connectivity index (χ0) is 36.6. The third-order valence-corrected chi connectivity index (χ3v) is 6.67. The van der Waals surface area contributed by atoms with Crippen LogP contribution in [0.15, 0.2) is 130 Å². The van der Waals surface area contributed by atoms with Gasteiger partial charge in [-0.05, 0) is 59.8 Å². The number of fused-ring (bicyclic) bond motifs is 3. The second kappa shape index (κ2) is 24.1. The van der Waals surface area contributed by atoms with Crippen LogP contribution in [0, 0.1) is 6.92 Å². The summed E-state index contributed by atoms with van der Waals surface area (Å²) < 4.78 is 0. The molecule has 0 aromatic heterocycles. The molecule has 49 heavy (non-hydrogen) atoms. The minimum Gasteiger partial charge on any atom is -0.505 e. The Morgan fingerprint density at radius 1 is 0.571 bits per heavy atom. The third kappa shape index (κ3) is 11.8. The van der Waals surface area contributed by atoms with E-state index in [2.05, 4.69) is 88.2 Å². The molecule has 0 fully saturated rings. The first-order valence-electron chi connectivity index (χ1n) is 17.7. The number of hydrogen-bond acceptors (Lipinski definition) is 6. The van der Waals surface area contributed by atoms with Crippen molar-refractivity contribution < 1.29 is 5.11 Å². The largest absolute Gasteiger partial charge is 0.505 e. The zero-order valence-electron chi connectivity index (χ0n) is 31.5. The number of aryl methyl sites for hydroxylation is 1. The fraction of sp³-hybridized carbons (Fsp3) is 0.302. The van der Waals surface area contributed by atoms with Gasteiger partial charge in [-0.2, -0.15) is 10.2 Å². The molecule has 2 N–H and O–H groups in total. The Kier molecular flexibility index (Phi) is 20.6. The van der Waals surface area contributed by atoms with Crippen LogP contribution in [0.3, 0.4) is 0 Å². The first-order chi connectivity index (χ1) is 24.0. The number of rotatable bonds is 5. The number of phenols is 1. The van der Waals surface area contributed by atoms with Crippen LogP contribution in [0.1, 0.15) is 74.3 Å². The summed E-state index contributed by atoms with van der Waals surface area (Å²) in [5.74, 6) is 0.131. The highest BCUT2D eigenvalue weighted by Gasteiger charge is 2.14. The van der Waals surface area contributed by atoms with Gasteiger partial charge in [-0.3, -0.25) is 0 Å². The van der Waals surface area contributed by atoms with E-state index in [0.29, 0.717) is 11.4 Å². The molecule has 6 aromatic rings. The quantitative estimate of drug-likeness (QED) is 0.181. The Morgan fingerprint density at radius 3 is 1.49 bits per heavy atom. The number of aromatic hydroxyl groups is 1. The predicted molar refractivity (Wildman–Crippen MR) is 217 cm³/mol. The molecule has 260 valence electrons. The van der Waals surface area contributed by atoms with E-state index in [0.717, 1.165) is 45.0 Å². The van der Waals surface area contributed by atoms with Crippen molar-refractivity contribution in [1.82, 2.24) is 0 Å². The van der Waals surface area contributed by atoms with Gasteiger partial charge in [-0.25, -0.2) is 0 Å². The first-order valence-corrected chi connectivity index (χ1v) is 17.7. The predicted octanol–water partition coefficient (Wildman–Crippen LogP) is 14.9. The Labute approximate surface area is 295 Å². The second-order valence-corrected chi connectivity index (χ2v) is 10.0. The van der Waals surface area contributed by atoms with Gasteiger partial charge in [-0.15, -0.1) is 10.2 Å². The normalized spacial score (nSPS) is 10.0. The molecule has 0 bridgehead atoms. The Bertz CT molecular complexity index is 1810. The number of anilines is 1. The van der Waals surface area contributed by atoms with Crippen molar-refractivity contribution in [3.8, 4) is 5.75 Å². The van der Waals surface area contributed by atoms with E-state index < -0.39 is 0 Å². The Hall–Kier alpha value is -5.10. The molecule has 0 spiro atoms. The standard InChI is InChI=1S/C24H23N5O.C10H8.C3H8.3C2H6/c1-4-26-21-11-7-8-16-14-15(2)23(24(30)22(16)21)29-28-20-13-12-19(27-25-3)17-9-5-6-10-18(17)20;1-2-6-10-8-4-3-7-9(10)5-1;1-3-2;3*1-2/h5-14,26,30H,4H2,1-3H3;1-8H;3H2,1-2H3;3*1-2H3. The van der Waals surface area contributed by atoms with Crippen LogP contribution in [-0.2, 0) is 0 Å². The van der Waals surface area contributed by atoms with E-state index in [1.165, 1.54) is 17.2 Å². The summed E-state index contributed by atoms with van der Waals surface area (Å²) in [4.78, 5) is 0. The van der Waals surface area contributed by atoms with Gasteiger partial charge in [0.2, 0.25) is 0 Å². The molecular weight excluding hydrogens is 603 g/mol. The summed E-state index contributed by atoms with van der Waals surface area (Å²) >= 11 is 0. The van der Waals surface area contributed by atoms with Gasteiger partial charge in [0, 0.05) is 35.4 Å². The minimum atomic E-state index is 0.131. The maximum atomic E-state index is 11.0. The molecule has 0 amide bonds. The van der Waals surface area contributed by atoms with Gasteiger partial charge in [0.05, 0.1) is 11.4 Å². The molecule has 0 radical (unpaired) electrons. The number of nitrogens with zero attached hydrogens (tertiary/aromatic N) is 4. The monoisotopic (exact) mass is 659 g/mol. The lowest BCUT2D eigenvalue weighted by molar-refractivity contribution is 0.482. The highest BCUT2D eigenvalue weighted by Crippen LogP contribution is 2.43. The van der Waals surface area contributed by atoms with Crippen molar-refractivity contribution in [3.63, 3.8) is 0 Å². The summed E-state index contributed by atoms with van der Waals surface area (Å²) in [5, 5.41) is 37.5. The van der Waals surface area contributed by atoms with Gasteiger partial charge in [-0.1, -0.05) is 147 Å². The van der Waals surface area contributed by atoms with E-state index in [1.807, 2.05) is 116 Å².